The summed E-state index contributed by atoms with van der Waals surface area (Å²) in [6.07, 6.45) is -1.10. The molecule has 34 heavy (non-hydrogen) atoms. The van der Waals surface area contributed by atoms with Crippen molar-refractivity contribution in [2.24, 2.45) is 0 Å². The Morgan fingerprint density at radius 2 is 1.74 bits per heavy atom. The van der Waals surface area contributed by atoms with Gasteiger partial charge in [0.15, 0.2) is 6.61 Å². The molecule has 3 rings (SSSR count). The second kappa shape index (κ2) is 9.85. The van der Waals surface area contributed by atoms with Crippen LogP contribution in [-0.4, -0.2) is 55.0 Å². The van der Waals surface area contributed by atoms with Crippen LogP contribution in [-0.2, 0) is 29.8 Å². The fourth-order valence-corrected chi connectivity index (χ4v) is 5.47. The van der Waals surface area contributed by atoms with Crippen LogP contribution in [0, 0.1) is 13.8 Å². The highest BCUT2D eigenvalue weighted by molar-refractivity contribution is 7.89. The van der Waals surface area contributed by atoms with Crippen molar-refractivity contribution in [3.05, 3.63) is 59.2 Å². The number of hydrogen-bond donors (Lipinski definition) is 2. The Labute approximate surface area is 201 Å². The Morgan fingerprint density at radius 1 is 1.09 bits per heavy atom. The van der Waals surface area contributed by atoms with E-state index in [1.54, 1.807) is 25.1 Å². The molecule has 2 unspecified atom stereocenters. The topological polar surface area (TPSA) is 113 Å². The van der Waals surface area contributed by atoms with Gasteiger partial charge in [-0.2, -0.15) is 4.31 Å². The van der Waals surface area contributed by atoms with Crippen LogP contribution in [0.3, 0.4) is 0 Å². The molecular formula is C25H32N2O6S. The van der Waals surface area contributed by atoms with Crippen molar-refractivity contribution in [1.82, 2.24) is 4.31 Å². The summed E-state index contributed by atoms with van der Waals surface area (Å²) in [7, 11) is -4.04. The van der Waals surface area contributed by atoms with Gasteiger partial charge in [0, 0.05) is 18.7 Å². The summed E-state index contributed by atoms with van der Waals surface area (Å²) >= 11 is 0. The summed E-state index contributed by atoms with van der Waals surface area (Å²) in [4.78, 5) is 25.0. The molecule has 0 spiro atoms. The normalized spacial score (nSPS) is 19.1. The van der Waals surface area contributed by atoms with Crippen molar-refractivity contribution in [1.29, 1.82) is 0 Å². The molecule has 1 amide bonds. The summed E-state index contributed by atoms with van der Waals surface area (Å²) < 4.78 is 32.4. The molecule has 0 saturated carbocycles. The summed E-state index contributed by atoms with van der Waals surface area (Å²) in [6, 6.07) is 10.9. The summed E-state index contributed by atoms with van der Waals surface area (Å²) in [6.45, 7) is 9.14. The van der Waals surface area contributed by atoms with Gasteiger partial charge in [0.2, 0.25) is 10.0 Å². The monoisotopic (exact) mass is 488 g/mol. The number of hydrogen-bond acceptors (Lipinski definition) is 6. The second-order valence-electron chi connectivity index (χ2n) is 9.71. The van der Waals surface area contributed by atoms with E-state index < -0.39 is 40.7 Å². The molecule has 0 aliphatic carbocycles. The zero-order valence-corrected chi connectivity index (χ0v) is 21.0. The number of anilines is 1. The van der Waals surface area contributed by atoms with E-state index >= 15 is 0 Å². The maximum absolute atomic E-state index is 13.2. The average Bonchev–Trinajstić information content (AvgIpc) is 3.16. The zero-order chi connectivity index (χ0) is 25.3. The van der Waals surface area contributed by atoms with Gasteiger partial charge >= 0.3 is 5.97 Å². The SMILES string of the molecule is Cc1ccc(S(=O)(=O)N2CC(O)CC2C(=O)OCC(=O)Nc2ccc(C(C)(C)C)cc2)cc1C. The Balaban J connectivity index is 1.65. The minimum Gasteiger partial charge on any atom is -0.454 e. The highest BCUT2D eigenvalue weighted by atomic mass is 32.2. The highest BCUT2D eigenvalue weighted by Crippen LogP contribution is 2.28. The van der Waals surface area contributed by atoms with Gasteiger partial charge in [0.25, 0.3) is 5.91 Å². The highest BCUT2D eigenvalue weighted by Gasteiger charge is 2.44. The molecule has 1 heterocycles. The third-order valence-electron chi connectivity index (χ3n) is 5.97. The smallest absolute Gasteiger partial charge is 0.325 e. The third kappa shape index (κ3) is 5.84. The minimum atomic E-state index is -4.04. The molecule has 0 radical (unpaired) electrons. The van der Waals surface area contributed by atoms with Crippen molar-refractivity contribution in [3.63, 3.8) is 0 Å². The first-order valence-electron chi connectivity index (χ1n) is 11.1. The van der Waals surface area contributed by atoms with E-state index in [1.165, 1.54) is 12.1 Å². The maximum Gasteiger partial charge on any atom is 0.325 e. The van der Waals surface area contributed by atoms with Crippen LogP contribution in [0.15, 0.2) is 47.4 Å². The molecule has 1 aliphatic rings. The number of amides is 1. The molecule has 1 saturated heterocycles. The standard InChI is InChI=1S/C25H32N2O6S/c1-16-6-11-21(12-17(16)2)34(31,32)27-14-20(28)13-22(27)24(30)33-15-23(29)26-19-9-7-18(8-10-19)25(3,4)5/h6-12,20,22,28H,13-15H2,1-5H3,(H,26,29). The van der Waals surface area contributed by atoms with Crippen LogP contribution in [0.1, 0.15) is 43.9 Å². The molecule has 1 fully saturated rings. The van der Waals surface area contributed by atoms with E-state index in [4.69, 9.17) is 4.74 Å². The van der Waals surface area contributed by atoms with E-state index in [0.717, 1.165) is 21.0 Å². The molecule has 2 aromatic carbocycles. The summed E-state index contributed by atoms with van der Waals surface area (Å²) in [5.74, 6) is -1.42. The van der Waals surface area contributed by atoms with Gasteiger partial charge in [-0.25, -0.2) is 8.42 Å². The molecule has 184 valence electrons. The van der Waals surface area contributed by atoms with Crippen molar-refractivity contribution in [2.75, 3.05) is 18.5 Å². The molecule has 9 heteroatoms. The molecular weight excluding hydrogens is 456 g/mol. The lowest BCUT2D eigenvalue weighted by Gasteiger charge is -2.23. The van der Waals surface area contributed by atoms with Crippen LogP contribution in [0.4, 0.5) is 5.69 Å². The third-order valence-corrected chi connectivity index (χ3v) is 7.84. The van der Waals surface area contributed by atoms with Gasteiger partial charge in [-0.3, -0.25) is 9.59 Å². The average molecular weight is 489 g/mol. The van der Waals surface area contributed by atoms with E-state index in [2.05, 4.69) is 26.1 Å². The molecule has 2 aromatic rings. The number of ether oxygens (including phenoxy) is 1. The minimum absolute atomic E-state index is 0.0204. The molecule has 0 bridgehead atoms. The molecule has 1 aliphatic heterocycles. The van der Waals surface area contributed by atoms with Crippen LogP contribution in [0.25, 0.3) is 0 Å². The van der Waals surface area contributed by atoms with Crippen molar-refractivity contribution >= 4 is 27.6 Å². The van der Waals surface area contributed by atoms with Gasteiger partial charge in [0.1, 0.15) is 6.04 Å². The maximum atomic E-state index is 13.2. The number of esters is 1. The number of aliphatic hydroxyl groups is 1. The lowest BCUT2D eigenvalue weighted by molar-refractivity contribution is -0.150. The first-order chi connectivity index (χ1) is 15.8. The van der Waals surface area contributed by atoms with Gasteiger partial charge in [0.05, 0.1) is 11.0 Å². The molecule has 0 aromatic heterocycles. The molecule has 8 nitrogen and oxygen atoms in total. The summed E-state index contributed by atoms with van der Waals surface area (Å²) in [5.41, 5.74) is 3.39. The number of aryl methyl sites for hydroxylation is 2. The van der Waals surface area contributed by atoms with Gasteiger partial charge in [-0.1, -0.05) is 39.0 Å². The molecule has 2 N–H and O–H groups in total. The Bertz CT molecular complexity index is 1170. The number of benzene rings is 2. The van der Waals surface area contributed by atoms with Crippen molar-refractivity contribution < 1.29 is 27.9 Å². The predicted molar refractivity (Wildman–Crippen MR) is 129 cm³/mol. The predicted octanol–water partition coefficient (Wildman–Crippen LogP) is 2.91. The fraction of sp³-hybridized carbons (Fsp3) is 0.440. The first kappa shape index (κ1) is 25.9. The van der Waals surface area contributed by atoms with E-state index in [9.17, 15) is 23.1 Å². The zero-order valence-electron chi connectivity index (χ0n) is 20.2. The largest absolute Gasteiger partial charge is 0.454 e. The van der Waals surface area contributed by atoms with Crippen LogP contribution >= 0.6 is 0 Å². The Hall–Kier alpha value is -2.75. The number of β-amino-alcohol motifs (C(OH)–C–C–N with tert-alkyl or cyclic N) is 1. The Kier molecular flexibility index (Phi) is 7.50. The number of sulfonamides is 1. The fourth-order valence-electron chi connectivity index (χ4n) is 3.76. The van der Waals surface area contributed by atoms with Crippen molar-refractivity contribution in [2.45, 2.75) is 63.5 Å². The quantitative estimate of drug-likeness (QED) is 0.605. The number of nitrogens with zero attached hydrogens (tertiary/aromatic N) is 1. The van der Waals surface area contributed by atoms with Gasteiger partial charge in [-0.15, -0.1) is 0 Å². The lowest BCUT2D eigenvalue weighted by Crippen LogP contribution is -2.42. The second-order valence-corrected chi connectivity index (χ2v) is 11.6. The van der Waals surface area contributed by atoms with E-state index in [-0.39, 0.29) is 23.3 Å². The van der Waals surface area contributed by atoms with E-state index in [0.29, 0.717) is 5.69 Å². The van der Waals surface area contributed by atoms with E-state index in [1.807, 2.05) is 19.1 Å². The van der Waals surface area contributed by atoms with Crippen LogP contribution in [0.5, 0.6) is 0 Å². The Morgan fingerprint density at radius 3 is 2.32 bits per heavy atom. The number of carbonyl (C=O) groups excluding carboxylic acids is 2. The van der Waals surface area contributed by atoms with Gasteiger partial charge < -0.3 is 15.2 Å². The molecule has 2 atom stereocenters. The van der Waals surface area contributed by atoms with Crippen LogP contribution in [0.2, 0.25) is 0 Å². The number of rotatable bonds is 6. The van der Waals surface area contributed by atoms with Crippen molar-refractivity contribution in [3.8, 4) is 0 Å². The summed E-state index contributed by atoms with van der Waals surface area (Å²) in [5, 5.41) is 12.7. The number of nitrogens with one attached hydrogen (secondary N) is 1. The lowest BCUT2D eigenvalue weighted by atomic mass is 9.87. The van der Waals surface area contributed by atoms with Crippen LogP contribution < -0.4 is 5.32 Å². The van der Waals surface area contributed by atoms with Gasteiger partial charge in [-0.05, 0) is 60.2 Å². The number of carbonyl (C=O) groups is 2. The first-order valence-corrected chi connectivity index (χ1v) is 12.6. The number of aliphatic hydroxyl groups excluding tert-OH is 1.